The summed E-state index contributed by atoms with van der Waals surface area (Å²) >= 11 is 5.68. The molecule has 5 nitrogen and oxygen atoms in total. The molecule has 0 atom stereocenters. The lowest BCUT2D eigenvalue weighted by Crippen LogP contribution is -2.15. The minimum atomic E-state index is -0.533. The maximum atomic E-state index is 13.1. The van der Waals surface area contributed by atoms with Crippen LogP contribution in [0.5, 0.6) is 0 Å². The van der Waals surface area contributed by atoms with E-state index in [9.17, 15) is 9.18 Å². The quantitative estimate of drug-likeness (QED) is 0.745. The Labute approximate surface area is 142 Å². The third kappa shape index (κ3) is 4.17. The number of aromatic nitrogens is 3. The number of carbonyl (C=O) groups is 1. The predicted octanol–water partition coefficient (Wildman–Crippen LogP) is 3.37. The molecule has 1 amide bonds. The van der Waals surface area contributed by atoms with Crippen molar-refractivity contribution < 1.29 is 9.18 Å². The van der Waals surface area contributed by atoms with Gasteiger partial charge < -0.3 is 5.32 Å². The first kappa shape index (κ1) is 16.1. The monoisotopic (exact) mass is 344 g/mol. The summed E-state index contributed by atoms with van der Waals surface area (Å²) in [6.07, 6.45) is 0.628. The minimum Gasteiger partial charge on any atom is -0.326 e. The normalized spacial score (nSPS) is 10.6. The van der Waals surface area contributed by atoms with Crippen LogP contribution in [0.4, 0.5) is 10.1 Å². The molecule has 3 rings (SSSR count). The molecule has 2 N–H and O–H groups in total. The molecule has 0 bridgehead atoms. The van der Waals surface area contributed by atoms with Gasteiger partial charge in [-0.25, -0.2) is 9.37 Å². The van der Waals surface area contributed by atoms with Crippen LogP contribution in [-0.4, -0.2) is 21.1 Å². The molecule has 0 saturated carbocycles. The molecular weight excluding hydrogens is 331 g/mol. The molecule has 1 aromatic heterocycles. The van der Waals surface area contributed by atoms with Gasteiger partial charge in [0, 0.05) is 12.1 Å². The van der Waals surface area contributed by atoms with Gasteiger partial charge >= 0.3 is 0 Å². The van der Waals surface area contributed by atoms with Crippen molar-refractivity contribution in [3.63, 3.8) is 0 Å². The van der Waals surface area contributed by atoms with Crippen molar-refractivity contribution in [2.75, 3.05) is 5.32 Å². The second-order valence-electron chi connectivity index (χ2n) is 5.21. The summed E-state index contributed by atoms with van der Waals surface area (Å²) in [4.78, 5) is 16.3. The number of H-pyrrole nitrogens is 1. The van der Waals surface area contributed by atoms with Gasteiger partial charge in [0.15, 0.2) is 5.82 Å². The average molecular weight is 345 g/mol. The zero-order chi connectivity index (χ0) is 16.9. The van der Waals surface area contributed by atoms with Crippen LogP contribution in [-0.2, 0) is 17.6 Å². The van der Waals surface area contributed by atoms with Crippen LogP contribution in [0, 0.1) is 5.82 Å². The molecule has 0 aliphatic rings. The number of nitrogens with zero attached hydrogens (tertiary/aromatic N) is 2. The lowest BCUT2D eigenvalue weighted by Gasteiger charge is -2.04. The van der Waals surface area contributed by atoms with E-state index in [2.05, 4.69) is 20.5 Å². The van der Waals surface area contributed by atoms with Crippen LogP contribution in [0.3, 0.4) is 0 Å². The number of hydrogen-bond acceptors (Lipinski definition) is 3. The van der Waals surface area contributed by atoms with Gasteiger partial charge in [-0.15, -0.1) is 0 Å². The van der Waals surface area contributed by atoms with Gasteiger partial charge in [0.05, 0.1) is 11.4 Å². The molecule has 24 heavy (non-hydrogen) atoms. The SMILES string of the molecule is O=C(Cc1n[nH]c(Cc2ccccc2)n1)Nc1ccc(F)c(Cl)c1. The van der Waals surface area contributed by atoms with Crippen molar-refractivity contribution >= 4 is 23.2 Å². The van der Waals surface area contributed by atoms with Crippen LogP contribution in [0.1, 0.15) is 17.2 Å². The van der Waals surface area contributed by atoms with E-state index in [0.29, 0.717) is 23.8 Å². The van der Waals surface area contributed by atoms with Gasteiger partial charge in [0.25, 0.3) is 0 Å². The number of nitrogens with one attached hydrogen (secondary N) is 2. The summed E-state index contributed by atoms with van der Waals surface area (Å²) in [7, 11) is 0. The number of amides is 1. The highest BCUT2D eigenvalue weighted by Crippen LogP contribution is 2.19. The third-order valence-corrected chi connectivity index (χ3v) is 3.60. The first-order chi connectivity index (χ1) is 11.6. The van der Waals surface area contributed by atoms with Gasteiger partial charge in [-0.3, -0.25) is 9.89 Å². The minimum absolute atomic E-state index is 0.0142. The van der Waals surface area contributed by atoms with E-state index < -0.39 is 5.82 Å². The molecule has 7 heteroatoms. The Hall–Kier alpha value is -2.73. The van der Waals surface area contributed by atoms with Crippen LogP contribution < -0.4 is 5.32 Å². The summed E-state index contributed by atoms with van der Waals surface area (Å²) in [6.45, 7) is 0. The molecule has 0 aliphatic carbocycles. The Balaban J connectivity index is 1.59. The van der Waals surface area contributed by atoms with Crippen LogP contribution >= 0.6 is 11.6 Å². The molecule has 0 aliphatic heterocycles. The fraction of sp³-hybridized carbons (Fsp3) is 0.118. The highest BCUT2D eigenvalue weighted by molar-refractivity contribution is 6.31. The first-order valence-corrected chi connectivity index (χ1v) is 7.67. The van der Waals surface area contributed by atoms with Gasteiger partial charge in [-0.1, -0.05) is 41.9 Å². The van der Waals surface area contributed by atoms with Crippen molar-refractivity contribution in [3.8, 4) is 0 Å². The highest BCUT2D eigenvalue weighted by Gasteiger charge is 2.10. The Morgan fingerprint density at radius 2 is 2.00 bits per heavy atom. The molecule has 3 aromatic rings. The van der Waals surface area contributed by atoms with Crippen molar-refractivity contribution in [1.29, 1.82) is 0 Å². The summed E-state index contributed by atoms with van der Waals surface area (Å²) < 4.78 is 13.1. The van der Waals surface area contributed by atoms with Gasteiger partial charge in [-0.05, 0) is 23.8 Å². The zero-order valence-electron chi connectivity index (χ0n) is 12.6. The fourth-order valence-electron chi connectivity index (χ4n) is 2.20. The van der Waals surface area contributed by atoms with E-state index >= 15 is 0 Å². The van der Waals surface area contributed by atoms with Crippen molar-refractivity contribution in [2.45, 2.75) is 12.8 Å². The molecule has 0 unspecified atom stereocenters. The maximum absolute atomic E-state index is 13.1. The lowest BCUT2D eigenvalue weighted by molar-refractivity contribution is -0.115. The van der Waals surface area contributed by atoms with E-state index in [1.54, 1.807) is 0 Å². The number of carbonyl (C=O) groups excluding carboxylic acids is 1. The lowest BCUT2D eigenvalue weighted by atomic mass is 10.1. The number of anilines is 1. The maximum Gasteiger partial charge on any atom is 0.232 e. The second-order valence-corrected chi connectivity index (χ2v) is 5.62. The summed E-state index contributed by atoms with van der Waals surface area (Å²) in [5.74, 6) is 0.248. The Bertz CT molecular complexity index is 851. The van der Waals surface area contributed by atoms with Crippen LogP contribution in [0.15, 0.2) is 48.5 Å². The molecule has 0 saturated heterocycles. The van der Waals surface area contributed by atoms with E-state index in [-0.39, 0.29) is 17.4 Å². The van der Waals surface area contributed by atoms with E-state index in [4.69, 9.17) is 11.6 Å². The van der Waals surface area contributed by atoms with Crippen molar-refractivity contribution in [2.24, 2.45) is 0 Å². The predicted molar refractivity (Wildman–Crippen MR) is 89.4 cm³/mol. The second kappa shape index (κ2) is 7.23. The van der Waals surface area contributed by atoms with Gasteiger partial charge in [0.1, 0.15) is 11.6 Å². The summed E-state index contributed by atoms with van der Waals surface area (Å²) in [5, 5.41) is 9.46. The zero-order valence-corrected chi connectivity index (χ0v) is 13.3. The molecule has 0 radical (unpaired) electrons. The highest BCUT2D eigenvalue weighted by atomic mass is 35.5. The standard InChI is InChI=1S/C17H14ClFN4O/c18-13-9-12(6-7-14(13)19)20-17(24)10-16-21-15(22-23-16)8-11-4-2-1-3-5-11/h1-7,9H,8,10H2,(H,20,24)(H,21,22,23). The number of hydrogen-bond donors (Lipinski definition) is 2. The Kier molecular flexibility index (Phi) is 4.86. The number of rotatable bonds is 5. The number of halogens is 2. The molecule has 2 aromatic carbocycles. The van der Waals surface area contributed by atoms with Crippen LogP contribution in [0.2, 0.25) is 5.02 Å². The molecule has 1 heterocycles. The van der Waals surface area contributed by atoms with Crippen molar-refractivity contribution in [1.82, 2.24) is 15.2 Å². The Morgan fingerprint density at radius 1 is 1.21 bits per heavy atom. The summed E-state index contributed by atoms with van der Waals surface area (Å²) in [6, 6.07) is 13.8. The molecule has 122 valence electrons. The summed E-state index contributed by atoms with van der Waals surface area (Å²) in [5.41, 5.74) is 1.53. The topological polar surface area (TPSA) is 70.7 Å². The van der Waals surface area contributed by atoms with E-state index in [0.717, 1.165) is 5.56 Å². The van der Waals surface area contributed by atoms with Crippen molar-refractivity contribution in [3.05, 3.63) is 76.6 Å². The van der Waals surface area contributed by atoms with Gasteiger partial charge in [0.2, 0.25) is 5.91 Å². The fourth-order valence-corrected chi connectivity index (χ4v) is 2.39. The smallest absolute Gasteiger partial charge is 0.232 e. The van der Waals surface area contributed by atoms with E-state index in [1.807, 2.05) is 30.3 Å². The third-order valence-electron chi connectivity index (χ3n) is 3.31. The molecular formula is C17H14ClFN4O. The average Bonchev–Trinajstić information content (AvgIpc) is 2.99. The number of benzene rings is 2. The first-order valence-electron chi connectivity index (χ1n) is 7.29. The Morgan fingerprint density at radius 3 is 2.75 bits per heavy atom. The van der Waals surface area contributed by atoms with E-state index in [1.165, 1.54) is 18.2 Å². The van der Waals surface area contributed by atoms with Gasteiger partial charge in [-0.2, -0.15) is 5.10 Å². The largest absolute Gasteiger partial charge is 0.326 e. The number of aromatic amines is 1. The molecule has 0 fully saturated rings. The van der Waals surface area contributed by atoms with Crippen LogP contribution in [0.25, 0.3) is 0 Å². The molecule has 0 spiro atoms.